The van der Waals surface area contributed by atoms with Gasteiger partial charge in [0.05, 0.1) is 33.0 Å². The molecule has 0 N–H and O–H groups in total. The van der Waals surface area contributed by atoms with Crippen LogP contribution in [0.4, 0.5) is 0 Å². The van der Waals surface area contributed by atoms with E-state index in [2.05, 4.69) is 0 Å². The molecule has 2 fully saturated rings. The van der Waals surface area contributed by atoms with Crippen LogP contribution in [0.15, 0.2) is 84.9 Å². The van der Waals surface area contributed by atoms with E-state index in [4.69, 9.17) is 41.0 Å². The van der Waals surface area contributed by atoms with E-state index in [1.165, 1.54) is 0 Å². The molecule has 5 rings (SSSR count). The van der Waals surface area contributed by atoms with E-state index in [1.807, 2.05) is 84.9 Å². The van der Waals surface area contributed by atoms with Crippen LogP contribution in [0.2, 0.25) is 0 Å². The van der Waals surface area contributed by atoms with Crippen LogP contribution in [0.3, 0.4) is 0 Å². The SMILES string of the molecule is COc1ccc(CO[C@@H]2[C@@H](OCc3ccccc3)[C@@H]([S-])O[C@@H]3COC(c4ccccc4)O[C@@H]23)cc1. The van der Waals surface area contributed by atoms with Gasteiger partial charge in [-0.15, -0.1) is 0 Å². The Balaban J connectivity index is 1.36. The van der Waals surface area contributed by atoms with E-state index in [0.29, 0.717) is 19.8 Å². The minimum Gasteiger partial charge on any atom is -0.759 e. The Labute approximate surface area is 211 Å². The van der Waals surface area contributed by atoms with Crippen molar-refractivity contribution in [3.05, 3.63) is 102 Å². The number of ether oxygens (including phenoxy) is 6. The topological polar surface area (TPSA) is 55.4 Å². The summed E-state index contributed by atoms with van der Waals surface area (Å²) in [5, 5.41) is 0. The molecule has 0 radical (unpaired) electrons. The smallest absolute Gasteiger partial charge is 0.184 e. The highest BCUT2D eigenvalue weighted by Gasteiger charge is 2.47. The molecule has 2 saturated heterocycles. The molecule has 0 amide bonds. The first-order valence-electron chi connectivity index (χ1n) is 11.7. The van der Waals surface area contributed by atoms with Gasteiger partial charge in [-0.25, -0.2) is 0 Å². The van der Waals surface area contributed by atoms with Gasteiger partial charge in [-0.05, 0) is 28.7 Å². The predicted molar refractivity (Wildman–Crippen MR) is 133 cm³/mol. The highest BCUT2D eigenvalue weighted by Crippen LogP contribution is 2.36. The molecule has 35 heavy (non-hydrogen) atoms. The predicted octanol–water partition coefficient (Wildman–Crippen LogP) is 4.55. The highest BCUT2D eigenvalue weighted by molar-refractivity contribution is 7.59. The average molecular weight is 494 g/mol. The second-order valence-electron chi connectivity index (χ2n) is 8.60. The summed E-state index contributed by atoms with van der Waals surface area (Å²) in [7, 11) is 1.65. The lowest BCUT2D eigenvalue weighted by atomic mass is 9.98. The van der Waals surface area contributed by atoms with E-state index in [-0.39, 0.29) is 6.10 Å². The molecule has 2 aliphatic heterocycles. The molecule has 0 aliphatic carbocycles. The van der Waals surface area contributed by atoms with Gasteiger partial charge in [0.2, 0.25) is 0 Å². The number of hydrogen-bond donors (Lipinski definition) is 0. The molecule has 2 aliphatic rings. The lowest BCUT2D eigenvalue weighted by Gasteiger charge is -2.52. The first-order valence-corrected chi connectivity index (χ1v) is 12.2. The van der Waals surface area contributed by atoms with E-state index < -0.39 is 30.0 Å². The van der Waals surface area contributed by atoms with Crippen LogP contribution < -0.4 is 4.74 Å². The van der Waals surface area contributed by atoms with Gasteiger partial charge < -0.3 is 41.0 Å². The second kappa shape index (κ2) is 11.6. The number of hydrogen-bond acceptors (Lipinski definition) is 7. The fourth-order valence-corrected chi connectivity index (χ4v) is 4.75. The van der Waals surface area contributed by atoms with Crippen LogP contribution in [0, 0.1) is 0 Å². The summed E-state index contributed by atoms with van der Waals surface area (Å²) in [4.78, 5) is 0. The van der Waals surface area contributed by atoms with Crippen molar-refractivity contribution in [1.29, 1.82) is 0 Å². The molecule has 2 heterocycles. The molecule has 6 nitrogen and oxygen atoms in total. The second-order valence-corrected chi connectivity index (χ2v) is 9.07. The Morgan fingerprint density at radius 1 is 0.771 bits per heavy atom. The summed E-state index contributed by atoms with van der Waals surface area (Å²) in [5.74, 6) is 0.799. The summed E-state index contributed by atoms with van der Waals surface area (Å²) in [6.07, 6.45) is -2.16. The molecule has 0 saturated carbocycles. The van der Waals surface area contributed by atoms with Crippen molar-refractivity contribution in [2.45, 2.75) is 49.4 Å². The van der Waals surface area contributed by atoms with Crippen LogP contribution in [0.1, 0.15) is 23.0 Å². The molecule has 0 spiro atoms. The van der Waals surface area contributed by atoms with Crippen molar-refractivity contribution < 1.29 is 28.4 Å². The zero-order valence-electron chi connectivity index (χ0n) is 19.5. The molecule has 3 aromatic rings. The molecule has 1 unspecified atom stereocenters. The first-order chi connectivity index (χ1) is 17.2. The van der Waals surface area contributed by atoms with E-state index >= 15 is 0 Å². The van der Waals surface area contributed by atoms with Crippen molar-refractivity contribution >= 4 is 12.6 Å². The van der Waals surface area contributed by atoms with Crippen LogP contribution >= 0.6 is 0 Å². The minimum atomic E-state index is -0.596. The molecule has 3 aromatic carbocycles. The van der Waals surface area contributed by atoms with Crippen LogP contribution in [-0.2, 0) is 49.5 Å². The standard InChI is InChI=1S/C28H30O6S/c1-29-22-14-12-20(13-15-22)17-30-25-24-23(18-32-27(34-24)21-10-6-3-7-11-21)33-28(35)26(25)31-16-19-8-4-2-5-9-19/h2-15,23-28,35H,16-18H2,1H3/p-1/t23-,24-,25+,26-,27?,28-/m1/s1. The number of methoxy groups -OCH3 is 1. The van der Waals surface area contributed by atoms with Crippen molar-refractivity contribution in [3.63, 3.8) is 0 Å². The summed E-state index contributed by atoms with van der Waals surface area (Å²) >= 11 is 5.70. The number of rotatable bonds is 8. The highest BCUT2D eigenvalue weighted by atomic mass is 32.1. The first kappa shape index (κ1) is 24.3. The summed E-state index contributed by atoms with van der Waals surface area (Å²) in [6, 6.07) is 27.7. The minimum absolute atomic E-state index is 0.338. The van der Waals surface area contributed by atoms with Gasteiger partial charge >= 0.3 is 0 Å². The van der Waals surface area contributed by atoms with Gasteiger partial charge in [-0.2, -0.15) is 0 Å². The van der Waals surface area contributed by atoms with Crippen molar-refractivity contribution in [2.24, 2.45) is 0 Å². The van der Waals surface area contributed by atoms with Crippen LogP contribution in [-0.4, -0.2) is 43.6 Å². The third-order valence-corrected chi connectivity index (χ3v) is 6.62. The molecule has 184 valence electrons. The van der Waals surface area contributed by atoms with Gasteiger partial charge in [0.25, 0.3) is 0 Å². The average Bonchev–Trinajstić information content (AvgIpc) is 2.92. The van der Waals surface area contributed by atoms with Gasteiger partial charge in [-0.3, -0.25) is 0 Å². The van der Waals surface area contributed by atoms with E-state index in [0.717, 1.165) is 22.4 Å². The number of fused-ring (bicyclic) bond motifs is 1. The summed E-state index contributed by atoms with van der Waals surface area (Å²) in [5.41, 5.74) is 2.42. The largest absolute Gasteiger partial charge is 0.759 e. The Bertz CT molecular complexity index is 1050. The third kappa shape index (κ3) is 5.89. The van der Waals surface area contributed by atoms with Crippen molar-refractivity contribution in [1.82, 2.24) is 0 Å². The fourth-order valence-electron chi connectivity index (χ4n) is 4.37. The number of benzene rings is 3. The molecule has 7 heteroatoms. The molecule has 0 bridgehead atoms. The third-order valence-electron chi connectivity index (χ3n) is 6.24. The fraction of sp³-hybridized carbons (Fsp3) is 0.357. The Hall–Kier alpha value is -2.39. The maximum Gasteiger partial charge on any atom is 0.184 e. The Morgan fingerprint density at radius 2 is 1.40 bits per heavy atom. The molecule has 6 atom stereocenters. The maximum atomic E-state index is 6.47. The Morgan fingerprint density at radius 3 is 2.09 bits per heavy atom. The molecule has 0 aromatic heterocycles. The normalized spacial score (nSPS) is 28.3. The quantitative estimate of drug-likeness (QED) is 0.427. The van der Waals surface area contributed by atoms with Crippen molar-refractivity contribution in [3.8, 4) is 5.75 Å². The van der Waals surface area contributed by atoms with Gasteiger partial charge in [0.15, 0.2) is 6.29 Å². The van der Waals surface area contributed by atoms with Gasteiger partial charge in [0, 0.05) is 5.56 Å². The zero-order valence-corrected chi connectivity index (χ0v) is 20.3. The lowest BCUT2D eigenvalue weighted by molar-refractivity contribution is -0.329. The van der Waals surface area contributed by atoms with Crippen LogP contribution in [0.25, 0.3) is 0 Å². The molecular weight excluding hydrogens is 464 g/mol. The zero-order chi connectivity index (χ0) is 24.0. The lowest BCUT2D eigenvalue weighted by Crippen LogP contribution is -2.62. The Kier molecular flexibility index (Phi) is 8.03. The summed E-state index contributed by atoms with van der Waals surface area (Å²) in [6.45, 7) is 1.15. The van der Waals surface area contributed by atoms with Crippen LogP contribution in [0.5, 0.6) is 5.75 Å². The maximum absolute atomic E-state index is 6.47. The summed E-state index contributed by atoms with van der Waals surface area (Å²) < 4.78 is 36.6. The van der Waals surface area contributed by atoms with E-state index in [1.54, 1.807) is 7.11 Å². The van der Waals surface area contributed by atoms with Gasteiger partial charge in [-0.1, -0.05) is 72.8 Å². The van der Waals surface area contributed by atoms with E-state index in [9.17, 15) is 0 Å². The van der Waals surface area contributed by atoms with Crippen molar-refractivity contribution in [2.75, 3.05) is 13.7 Å². The van der Waals surface area contributed by atoms with Gasteiger partial charge in [0.1, 0.15) is 24.1 Å². The molecular formula is C28H29O6S-. The monoisotopic (exact) mass is 493 g/mol.